The molecule has 0 radical (unpaired) electrons. The summed E-state index contributed by atoms with van der Waals surface area (Å²) in [4.78, 5) is 12.0. The second-order valence-corrected chi connectivity index (χ2v) is 12.3. The Balaban J connectivity index is 1.56. The first-order valence-electron chi connectivity index (χ1n) is 11.9. The Labute approximate surface area is 232 Å². The molecule has 0 spiro atoms. The van der Waals surface area contributed by atoms with Crippen LogP contribution >= 0.6 is 0 Å². The van der Waals surface area contributed by atoms with Crippen LogP contribution in [0.15, 0.2) is 94.7 Å². The van der Waals surface area contributed by atoms with Crippen LogP contribution in [0.2, 0.25) is 0 Å². The van der Waals surface area contributed by atoms with Gasteiger partial charge in [0.25, 0.3) is 20.0 Å². The lowest BCUT2D eigenvalue weighted by Gasteiger charge is -2.15. The van der Waals surface area contributed by atoms with Gasteiger partial charge in [-0.3, -0.25) is 9.44 Å². The molecule has 40 heavy (non-hydrogen) atoms. The van der Waals surface area contributed by atoms with Gasteiger partial charge in [-0.15, -0.1) is 0 Å². The predicted octanol–water partition coefficient (Wildman–Crippen LogP) is 5.44. The van der Waals surface area contributed by atoms with Crippen LogP contribution in [0.4, 0.5) is 17.1 Å². The van der Waals surface area contributed by atoms with E-state index in [-0.39, 0.29) is 38.2 Å². The minimum atomic E-state index is -4.03. The quantitative estimate of drug-likeness (QED) is 0.193. The molecule has 0 heterocycles. The fraction of sp³-hybridized carbons (Fsp3) is 0.107. The molecule has 0 saturated heterocycles. The zero-order valence-corrected chi connectivity index (χ0v) is 23.4. The molecule has 0 fully saturated rings. The molecule has 0 unspecified atom stereocenters. The monoisotopic (exact) mass is 581 g/mol. The van der Waals surface area contributed by atoms with Crippen molar-refractivity contribution in [2.75, 3.05) is 21.8 Å². The van der Waals surface area contributed by atoms with Crippen molar-refractivity contribution in [3.8, 4) is 11.5 Å². The van der Waals surface area contributed by atoms with Crippen molar-refractivity contribution < 1.29 is 31.5 Å². The Hall–Kier alpha value is -4.55. The molecule has 10 nitrogen and oxygen atoms in total. The molecule has 0 atom stereocenters. The average molecular weight is 582 g/mol. The van der Waals surface area contributed by atoms with Crippen molar-refractivity contribution in [3.63, 3.8) is 0 Å². The molecule has 4 N–H and O–H groups in total. The zero-order valence-electron chi connectivity index (χ0n) is 21.8. The maximum atomic E-state index is 12.8. The van der Waals surface area contributed by atoms with E-state index in [4.69, 9.17) is 4.74 Å². The summed E-state index contributed by atoms with van der Waals surface area (Å²) in [5.74, 6) is -0.943. The first-order valence-corrected chi connectivity index (χ1v) is 14.9. The van der Waals surface area contributed by atoms with Crippen LogP contribution in [0.3, 0.4) is 0 Å². The number of ether oxygens (including phenoxy) is 1. The lowest BCUT2D eigenvalue weighted by molar-refractivity contribution is 0.0697. The number of nitrogens with one attached hydrogen (secondary N) is 3. The zero-order chi connectivity index (χ0) is 29.1. The molecule has 0 saturated carbocycles. The number of rotatable bonds is 10. The third-order valence-corrected chi connectivity index (χ3v) is 8.63. The van der Waals surface area contributed by atoms with Crippen molar-refractivity contribution in [2.24, 2.45) is 0 Å². The second-order valence-electron chi connectivity index (χ2n) is 8.91. The Morgan fingerprint density at radius 3 is 1.57 bits per heavy atom. The van der Waals surface area contributed by atoms with Gasteiger partial charge >= 0.3 is 5.97 Å². The Bertz CT molecular complexity index is 1770. The smallest absolute Gasteiger partial charge is 0.337 e. The Morgan fingerprint density at radius 2 is 1.10 bits per heavy atom. The molecule has 4 aromatic carbocycles. The van der Waals surface area contributed by atoms with Crippen LogP contribution in [0.25, 0.3) is 0 Å². The van der Waals surface area contributed by atoms with E-state index in [1.165, 1.54) is 54.6 Å². The van der Waals surface area contributed by atoms with Crippen LogP contribution < -0.4 is 19.5 Å². The van der Waals surface area contributed by atoms with E-state index in [1.54, 1.807) is 37.4 Å². The number of carboxylic acids is 1. The van der Waals surface area contributed by atoms with Gasteiger partial charge in [-0.2, -0.15) is 0 Å². The van der Waals surface area contributed by atoms with Crippen LogP contribution in [-0.2, 0) is 20.0 Å². The maximum Gasteiger partial charge on any atom is 0.337 e. The number of carboxylic acid groups (broad SMARTS) is 1. The summed E-state index contributed by atoms with van der Waals surface area (Å²) >= 11 is 0. The van der Waals surface area contributed by atoms with Crippen molar-refractivity contribution in [1.82, 2.24) is 0 Å². The van der Waals surface area contributed by atoms with E-state index in [9.17, 15) is 26.7 Å². The Kier molecular flexibility index (Phi) is 8.03. The third-order valence-electron chi connectivity index (χ3n) is 5.87. The average Bonchev–Trinajstić information content (AvgIpc) is 2.90. The lowest BCUT2D eigenvalue weighted by Crippen LogP contribution is -2.15. The molecular weight excluding hydrogens is 554 g/mol. The van der Waals surface area contributed by atoms with Crippen molar-refractivity contribution in [3.05, 3.63) is 102 Å². The number of aromatic carboxylic acids is 1. The molecule has 208 valence electrons. The highest BCUT2D eigenvalue weighted by molar-refractivity contribution is 7.93. The van der Waals surface area contributed by atoms with E-state index in [2.05, 4.69) is 14.8 Å². The number of benzene rings is 4. The Morgan fingerprint density at radius 1 is 0.650 bits per heavy atom. The molecule has 0 aliphatic rings. The third kappa shape index (κ3) is 6.53. The minimum absolute atomic E-state index is 0.00699. The molecule has 0 aromatic heterocycles. The molecule has 0 aliphatic carbocycles. The van der Waals surface area contributed by atoms with Crippen LogP contribution in [-0.4, -0.2) is 35.0 Å². The molecule has 0 amide bonds. The molecule has 4 aromatic rings. The molecule has 4 rings (SSSR count). The number of carbonyl (C=O) groups is 1. The first kappa shape index (κ1) is 28.5. The SMILES string of the molecule is CNc1cc(Oc2ccc(NS(=O)(=O)c3ccc(C)cc3)c(C(=O)O)c2)ccc1NS(=O)(=O)c1ccc(C)cc1. The summed E-state index contributed by atoms with van der Waals surface area (Å²) in [7, 11) is -6.26. The van der Waals surface area contributed by atoms with Crippen molar-refractivity contribution in [1.29, 1.82) is 0 Å². The standard InChI is InChI=1S/C28H27N3O7S2/c1-18-4-10-22(11-5-18)39(34,35)30-25-14-8-20(16-24(25)28(32)33)38-21-9-15-26(27(17-21)29-3)31-40(36,37)23-12-6-19(2)7-13-23/h4-17,29-31H,1-3H3,(H,32,33). The summed E-state index contributed by atoms with van der Waals surface area (Å²) in [6.45, 7) is 3.68. The van der Waals surface area contributed by atoms with E-state index in [1.807, 2.05) is 13.8 Å². The van der Waals surface area contributed by atoms with Gasteiger partial charge in [0.15, 0.2) is 0 Å². The minimum Gasteiger partial charge on any atom is -0.478 e. The lowest BCUT2D eigenvalue weighted by atomic mass is 10.1. The van der Waals surface area contributed by atoms with E-state index in [0.717, 1.165) is 11.1 Å². The maximum absolute atomic E-state index is 12.8. The highest BCUT2D eigenvalue weighted by Gasteiger charge is 2.20. The summed E-state index contributed by atoms with van der Waals surface area (Å²) in [6, 6.07) is 21.1. The number of sulfonamides is 2. The summed E-state index contributed by atoms with van der Waals surface area (Å²) < 4.78 is 61.9. The predicted molar refractivity (Wildman–Crippen MR) is 153 cm³/mol. The fourth-order valence-corrected chi connectivity index (χ4v) is 5.87. The molecule has 0 aliphatic heterocycles. The van der Waals surface area contributed by atoms with Gasteiger partial charge in [0.05, 0.1) is 32.4 Å². The van der Waals surface area contributed by atoms with Gasteiger partial charge in [0, 0.05) is 13.1 Å². The van der Waals surface area contributed by atoms with Gasteiger partial charge in [0.1, 0.15) is 11.5 Å². The van der Waals surface area contributed by atoms with Crippen molar-refractivity contribution >= 4 is 43.1 Å². The molecule has 12 heteroatoms. The van der Waals surface area contributed by atoms with Crippen LogP contribution in [0.5, 0.6) is 11.5 Å². The normalized spacial score (nSPS) is 11.5. The molecular formula is C28H27N3O7S2. The summed E-state index contributed by atoms with van der Waals surface area (Å²) in [5.41, 5.74) is 2.06. The van der Waals surface area contributed by atoms with Gasteiger partial charge < -0.3 is 15.2 Å². The second kappa shape index (κ2) is 11.3. The summed E-state index contributed by atoms with van der Waals surface area (Å²) in [5, 5.41) is 12.6. The highest BCUT2D eigenvalue weighted by atomic mass is 32.2. The number of hydrogen-bond donors (Lipinski definition) is 4. The highest BCUT2D eigenvalue weighted by Crippen LogP contribution is 2.33. The summed E-state index contributed by atoms with van der Waals surface area (Å²) in [6.07, 6.45) is 0. The van der Waals surface area contributed by atoms with Gasteiger partial charge in [-0.1, -0.05) is 35.4 Å². The van der Waals surface area contributed by atoms with E-state index < -0.39 is 26.0 Å². The van der Waals surface area contributed by atoms with Crippen LogP contribution in [0.1, 0.15) is 21.5 Å². The number of hydrogen-bond acceptors (Lipinski definition) is 7. The number of anilines is 3. The topological polar surface area (TPSA) is 151 Å². The van der Waals surface area contributed by atoms with Gasteiger partial charge in [0.2, 0.25) is 0 Å². The van der Waals surface area contributed by atoms with E-state index >= 15 is 0 Å². The largest absolute Gasteiger partial charge is 0.478 e. The fourth-order valence-electron chi connectivity index (χ4n) is 3.71. The van der Waals surface area contributed by atoms with E-state index in [0.29, 0.717) is 5.69 Å². The first-order chi connectivity index (χ1) is 18.9. The molecule has 0 bridgehead atoms. The van der Waals surface area contributed by atoms with Crippen molar-refractivity contribution in [2.45, 2.75) is 23.6 Å². The van der Waals surface area contributed by atoms with Gasteiger partial charge in [-0.25, -0.2) is 21.6 Å². The van der Waals surface area contributed by atoms with Crippen LogP contribution in [0, 0.1) is 13.8 Å². The number of aryl methyl sites for hydroxylation is 2. The van der Waals surface area contributed by atoms with Gasteiger partial charge in [-0.05, 0) is 68.4 Å².